The molecule has 0 fully saturated rings. The molecule has 17 heavy (non-hydrogen) atoms. The Kier molecular flexibility index (Phi) is 4.30. The highest BCUT2D eigenvalue weighted by molar-refractivity contribution is 5.52. The monoisotopic (exact) mass is 232 g/mol. The number of aliphatic hydroxyl groups excluding tert-OH is 1. The summed E-state index contributed by atoms with van der Waals surface area (Å²) in [4.78, 5) is 4.39. The van der Waals surface area contributed by atoms with Crippen LogP contribution in [0.5, 0.6) is 0 Å². The maximum atomic E-state index is 8.64. The maximum absolute atomic E-state index is 8.64. The van der Waals surface area contributed by atoms with E-state index >= 15 is 0 Å². The molecule has 0 spiro atoms. The molecule has 0 aliphatic rings. The van der Waals surface area contributed by atoms with Crippen molar-refractivity contribution in [2.45, 2.75) is 13.0 Å². The van der Waals surface area contributed by atoms with Crippen LogP contribution in [0.1, 0.15) is 12.1 Å². The summed E-state index contributed by atoms with van der Waals surface area (Å²) >= 11 is 0. The Labute approximate surface area is 100 Å². The van der Waals surface area contributed by atoms with E-state index in [-0.39, 0.29) is 6.61 Å². The molecule has 2 rings (SSSR count). The first-order valence-corrected chi connectivity index (χ1v) is 5.71. The molecule has 0 atom stereocenters. The number of aliphatic hydroxyl groups is 1. The SMILES string of the molecule is OCCCNCc1coc(-c2ccccc2)n1. The quantitative estimate of drug-likeness (QED) is 0.746. The van der Waals surface area contributed by atoms with Crippen molar-refractivity contribution in [1.82, 2.24) is 10.3 Å². The van der Waals surface area contributed by atoms with Crippen LogP contribution < -0.4 is 5.32 Å². The Bertz CT molecular complexity index is 440. The number of oxazole rings is 1. The molecule has 4 heteroatoms. The lowest BCUT2D eigenvalue weighted by atomic mass is 10.2. The lowest BCUT2D eigenvalue weighted by molar-refractivity contribution is 0.286. The van der Waals surface area contributed by atoms with Gasteiger partial charge in [0.1, 0.15) is 6.26 Å². The number of hydrogen-bond acceptors (Lipinski definition) is 4. The van der Waals surface area contributed by atoms with Crippen molar-refractivity contribution in [2.24, 2.45) is 0 Å². The molecule has 0 saturated heterocycles. The molecular formula is C13H16N2O2. The summed E-state index contributed by atoms with van der Waals surface area (Å²) in [5, 5.41) is 11.8. The number of hydrogen-bond donors (Lipinski definition) is 2. The molecular weight excluding hydrogens is 216 g/mol. The molecule has 1 heterocycles. The zero-order chi connectivity index (χ0) is 11.9. The van der Waals surface area contributed by atoms with Gasteiger partial charge in [0.2, 0.25) is 5.89 Å². The maximum Gasteiger partial charge on any atom is 0.226 e. The fraction of sp³-hybridized carbons (Fsp3) is 0.308. The van der Waals surface area contributed by atoms with Crippen LogP contribution in [0, 0.1) is 0 Å². The van der Waals surface area contributed by atoms with Crippen LogP contribution in [0.15, 0.2) is 41.0 Å². The molecule has 2 aromatic rings. The Morgan fingerprint density at radius 1 is 1.24 bits per heavy atom. The zero-order valence-electron chi connectivity index (χ0n) is 9.60. The van der Waals surface area contributed by atoms with E-state index in [0.717, 1.165) is 24.2 Å². The Morgan fingerprint density at radius 3 is 2.82 bits per heavy atom. The third-order valence-corrected chi connectivity index (χ3v) is 2.39. The number of aromatic nitrogens is 1. The molecule has 0 unspecified atom stereocenters. The fourth-order valence-electron chi connectivity index (χ4n) is 1.52. The second kappa shape index (κ2) is 6.18. The summed E-state index contributed by atoms with van der Waals surface area (Å²) in [7, 11) is 0. The Hall–Kier alpha value is -1.65. The molecule has 0 amide bonds. The molecule has 0 saturated carbocycles. The second-order valence-corrected chi connectivity index (χ2v) is 3.76. The van der Waals surface area contributed by atoms with Crippen LogP contribution in [0.2, 0.25) is 0 Å². The summed E-state index contributed by atoms with van der Waals surface area (Å²) in [5.41, 5.74) is 1.86. The van der Waals surface area contributed by atoms with E-state index in [9.17, 15) is 0 Å². The van der Waals surface area contributed by atoms with Crippen molar-refractivity contribution in [3.05, 3.63) is 42.3 Å². The van der Waals surface area contributed by atoms with Gasteiger partial charge in [-0.15, -0.1) is 0 Å². The van der Waals surface area contributed by atoms with Gasteiger partial charge in [0.15, 0.2) is 0 Å². The normalized spacial score (nSPS) is 10.6. The van der Waals surface area contributed by atoms with Crippen molar-refractivity contribution in [1.29, 1.82) is 0 Å². The topological polar surface area (TPSA) is 58.3 Å². The van der Waals surface area contributed by atoms with Crippen LogP contribution in [0.25, 0.3) is 11.5 Å². The Morgan fingerprint density at radius 2 is 2.06 bits per heavy atom. The van der Waals surface area contributed by atoms with Gasteiger partial charge in [-0.05, 0) is 25.1 Å². The van der Waals surface area contributed by atoms with Crippen molar-refractivity contribution < 1.29 is 9.52 Å². The van der Waals surface area contributed by atoms with Gasteiger partial charge in [-0.2, -0.15) is 0 Å². The van der Waals surface area contributed by atoms with Gasteiger partial charge >= 0.3 is 0 Å². The predicted molar refractivity (Wildman–Crippen MR) is 65.3 cm³/mol. The standard InChI is InChI=1S/C13H16N2O2/c16-8-4-7-14-9-12-10-17-13(15-12)11-5-2-1-3-6-11/h1-3,5-6,10,14,16H,4,7-9H2. The van der Waals surface area contributed by atoms with Gasteiger partial charge < -0.3 is 14.8 Å². The van der Waals surface area contributed by atoms with E-state index in [1.807, 2.05) is 30.3 Å². The average molecular weight is 232 g/mol. The number of nitrogens with zero attached hydrogens (tertiary/aromatic N) is 1. The first-order chi connectivity index (χ1) is 8.40. The summed E-state index contributed by atoms with van der Waals surface area (Å²) in [6, 6.07) is 9.81. The lowest BCUT2D eigenvalue weighted by Gasteiger charge is -1.98. The minimum Gasteiger partial charge on any atom is -0.444 e. The highest BCUT2D eigenvalue weighted by Crippen LogP contribution is 2.17. The van der Waals surface area contributed by atoms with Crippen LogP contribution in [-0.2, 0) is 6.54 Å². The average Bonchev–Trinajstić information content (AvgIpc) is 2.85. The van der Waals surface area contributed by atoms with Gasteiger partial charge in [0.05, 0.1) is 5.69 Å². The first-order valence-electron chi connectivity index (χ1n) is 5.71. The highest BCUT2D eigenvalue weighted by Gasteiger charge is 2.05. The second-order valence-electron chi connectivity index (χ2n) is 3.76. The molecule has 90 valence electrons. The number of benzene rings is 1. The molecule has 2 N–H and O–H groups in total. The summed E-state index contributed by atoms with van der Waals surface area (Å²) < 4.78 is 5.41. The van der Waals surface area contributed by atoms with Crippen LogP contribution >= 0.6 is 0 Å². The van der Waals surface area contributed by atoms with Crippen LogP contribution in [0.4, 0.5) is 0 Å². The van der Waals surface area contributed by atoms with Gasteiger partial charge in [-0.1, -0.05) is 18.2 Å². The molecule has 0 aliphatic carbocycles. The Balaban J connectivity index is 1.92. The minimum absolute atomic E-state index is 0.209. The van der Waals surface area contributed by atoms with Crippen molar-refractivity contribution in [2.75, 3.05) is 13.2 Å². The molecule has 4 nitrogen and oxygen atoms in total. The van der Waals surface area contributed by atoms with Crippen molar-refractivity contribution >= 4 is 0 Å². The molecule has 0 bridgehead atoms. The number of rotatable bonds is 6. The molecule has 1 aromatic heterocycles. The molecule has 0 radical (unpaired) electrons. The number of nitrogens with one attached hydrogen (secondary N) is 1. The predicted octanol–water partition coefficient (Wildman–Crippen LogP) is 1.81. The van der Waals surface area contributed by atoms with Crippen molar-refractivity contribution in [3.63, 3.8) is 0 Å². The van der Waals surface area contributed by atoms with E-state index in [2.05, 4.69) is 10.3 Å². The van der Waals surface area contributed by atoms with Gasteiger partial charge in [-0.25, -0.2) is 4.98 Å². The van der Waals surface area contributed by atoms with E-state index in [1.54, 1.807) is 6.26 Å². The van der Waals surface area contributed by atoms with E-state index in [0.29, 0.717) is 12.4 Å². The van der Waals surface area contributed by atoms with Gasteiger partial charge in [0, 0.05) is 18.7 Å². The van der Waals surface area contributed by atoms with Crippen LogP contribution in [0.3, 0.4) is 0 Å². The third kappa shape index (κ3) is 3.41. The van der Waals surface area contributed by atoms with Gasteiger partial charge in [0.25, 0.3) is 0 Å². The summed E-state index contributed by atoms with van der Waals surface area (Å²) in [5.74, 6) is 0.643. The van der Waals surface area contributed by atoms with E-state index in [1.165, 1.54) is 0 Å². The minimum atomic E-state index is 0.209. The first kappa shape index (κ1) is 11.8. The summed E-state index contributed by atoms with van der Waals surface area (Å²) in [6.07, 6.45) is 2.41. The lowest BCUT2D eigenvalue weighted by Crippen LogP contribution is -2.15. The fourth-order valence-corrected chi connectivity index (χ4v) is 1.52. The smallest absolute Gasteiger partial charge is 0.226 e. The van der Waals surface area contributed by atoms with Crippen molar-refractivity contribution in [3.8, 4) is 11.5 Å². The van der Waals surface area contributed by atoms with E-state index < -0.39 is 0 Å². The van der Waals surface area contributed by atoms with E-state index in [4.69, 9.17) is 9.52 Å². The van der Waals surface area contributed by atoms with Crippen LogP contribution in [-0.4, -0.2) is 23.2 Å². The molecule has 1 aromatic carbocycles. The van der Waals surface area contributed by atoms with Gasteiger partial charge in [-0.3, -0.25) is 0 Å². The third-order valence-electron chi connectivity index (χ3n) is 2.39. The summed E-state index contributed by atoms with van der Waals surface area (Å²) in [6.45, 7) is 1.65. The molecule has 0 aliphatic heterocycles. The largest absolute Gasteiger partial charge is 0.444 e. The zero-order valence-corrected chi connectivity index (χ0v) is 9.60. The highest BCUT2D eigenvalue weighted by atomic mass is 16.3.